The molecule has 0 aliphatic carbocycles. The topological polar surface area (TPSA) is 86.8 Å². The number of halogens is 1. The molecule has 0 aliphatic heterocycles. The number of hydrogen-bond acceptors (Lipinski definition) is 4. The quantitative estimate of drug-likeness (QED) is 0.587. The van der Waals surface area contributed by atoms with E-state index in [0.717, 1.165) is 22.2 Å². The molecule has 0 radical (unpaired) electrons. The predicted molar refractivity (Wildman–Crippen MR) is 123 cm³/mol. The molecule has 7 nitrogen and oxygen atoms in total. The number of sulfonamides is 1. The molecule has 32 heavy (non-hydrogen) atoms. The normalized spacial score (nSPS) is 12.3. The van der Waals surface area contributed by atoms with Gasteiger partial charge in [0.1, 0.15) is 18.4 Å². The van der Waals surface area contributed by atoms with Crippen LogP contribution < -0.4 is 9.62 Å². The van der Waals surface area contributed by atoms with E-state index < -0.39 is 34.3 Å². The van der Waals surface area contributed by atoms with Crippen LogP contribution in [-0.4, -0.2) is 50.5 Å². The van der Waals surface area contributed by atoms with Crippen LogP contribution in [0.4, 0.5) is 10.1 Å². The molecule has 0 heterocycles. The number of carbonyl (C=O) groups excluding carboxylic acids is 2. The first kappa shape index (κ1) is 25.3. The second kappa shape index (κ2) is 11.1. The van der Waals surface area contributed by atoms with Gasteiger partial charge in [0, 0.05) is 13.1 Å². The Labute approximate surface area is 189 Å². The van der Waals surface area contributed by atoms with Crippen molar-refractivity contribution < 1.29 is 22.4 Å². The van der Waals surface area contributed by atoms with Gasteiger partial charge in [-0.1, -0.05) is 50.2 Å². The summed E-state index contributed by atoms with van der Waals surface area (Å²) in [6.07, 6.45) is 0.950. The van der Waals surface area contributed by atoms with Gasteiger partial charge in [-0.15, -0.1) is 0 Å². The minimum Gasteiger partial charge on any atom is -0.354 e. The summed E-state index contributed by atoms with van der Waals surface area (Å²) in [5.74, 6) is -1.29. The lowest BCUT2D eigenvalue weighted by Gasteiger charge is -2.31. The van der Waals surface area contributed by atoms with Crippen LogP contribution in [0.3, 0.4) is 0 Å². The van der Waals surface area contributed by atoms with E-state index in [1.165, 1.54) is 23.1 Å². The SMILES string of the molecule is CC(C)CNC(=O)C(C)N(Cc1ccccc1)C(=O)CN(c1cccc(F)c1)S(C)(=O)=O. The average molecular weight is 464 g/mol. The molecule has 0 aliphatic rings. The summed E-state index contributed by atoms with van der Waals surface area (Å²) >= 11 is 0. The van der Waals surface area contributed by atoms with Crippen molar-refractivity contribution in [1.82, 2.24) is 10.2 Å². The van der Waals surface area contributed by atoms with Gasteiger partial charge in [-0.3, -0.25) is 13.9 Å². The fourth-order valence-corrected chi connectivity index (χ4v) is 3.90. The molecular weight excluding hydrogens is 433 g/mol. The van der Waals surface area contributed by atoms with Crippen molar-refractivity contribution in [3.63, 3.8) is 0 Å². The van der Waals surface area contributed by atoms with Crippen LogP contribution in [0.1, 0.15) is 26.3 Å². The third-order valence-electron chi connectivity index (χ3n) is 4.82. The molecule has 2 rings (SSSR count). The third kappa shape index (κ3) is 7.33. The van der Waals surface area contributed by atoms with E-state index in [-0.39, 0.29) is 24.1 Å². The average Bonchev–Trinajstić information content (AvgIpc) is 2.73. The standard InChI is InChI=1S/C23H30FN3O4S/c1-17(2)14-25-23(29)18(3)26(15-19-9-6-5-7-10-19)22(28)16-27(32(4,30)31)21-12-8-11-20(24)13-21/h5-13,17-18H,14-16H2,1-4H3,(H,25,29). The Morgan fingerprint density at radius 1 is 1.03 bits per heavy atom. The Balaban J connectivity index is 2.33. The monoisotopic (exact) mass is 463 g/mol. The summed E-state index contributed by atoms with van der Waals surface area (Å²) in [5.41, 5.74) is 0.832. The summed E-state index contributed by atoms with van der Waals surface area (Å²) in [6.45, 7) is 5.54. The number of hydrogen-bond donors (Lipinski definition) is 1. The molecule has 0 spiro atoms. The van der Waals surface area contributed by atoms with E-state index in [0.29, 0.717) is 6.54 Å². The van der Waals surface area contributed by atoms with E-state index >= 15 is 0 Å². The largest absolute Gasteiger partial charge is 0.354 e. The van der Waals surface area contributed by atoms with Crippen LogP contribution in [-0.2, 0) is 26.2 Å². The van der Waals surface area contributed by atoms with Crippen LogP contribution in [0, 0.1) is 11.7 Å². The summed E-state index contributed by atoms with van der Waals surface area (Å²) < 4.78 is 39.3. The maximum Gasteiger partial charge on any atom is 0.244 e. The van der Waals surface area contributed by atoms with Crippen molar-refractivity contribution in [3.8, 4) is 0 Å². The lowest BCUT2D eigenvalue weighted by molar-refractivity contribution is -0.139. The number of amides is 2. The Morgan fingerprint density at radius 2 is 1.69 bits per heavy atom. The molecule has 2 amide bonds. The first-order chi connectivity index (χ1) is 15.0. The maximum atomic E-state index is 13.7. The number of benzene rings is 2. The van der Waals surface area contributed by atoms with Gasteiger partial charge >= 0.3 is 0 Å². The summed E-state index contributed by atoms with van der Waals surface area (Å²) in [5, 5.41) is 2.81. The van der Waals surface area contributed by atoms with Crippen molar-refractivity contribution in [1.29, 1.82) is 0 Å². The first-order valence-electron chi connectivity index (χ1n) is 10.3. The van der Waals surface area contributed by atoms with Crippen molar-refractivity contribution in [2.24, 2.45) is 5.92 Å². The number of anilines is 1. The molecule has 2 aromatic rings. The zero-order valence-electron chi connectivity index (χ0n) is 18.8. The summed E-state index contributed by atoms with van der Waals surface area (Å²) in [6, 6.07) is 13.3. The van der Waals surface area contributed by atoms with Gasteiger partial charge in [0.25, 0.3) is 0 Å². The van der Waals surface area contributed by atoms with E-state index in [1.54, 1.807) is 6.92 Å². The van der Waals surface area contributed by atoms with E-state index in [9.17, 15) is 22.4 Å². The third-order valence-corrected chi connectivity index (χ3v) is 5.96. The minimum absolute atomic E-state index is 0.0393. The van der Waals surface area contributed by atoms with E-state index in [1.807, 2.05) is 44.2 Å². The number of nitrogens with zero attached hydrogens (tertiary/aromatic N) is 2. The summed E-state index contributed by atoms with van der Waals surface area (Å²) in [7, 11) is -3.88. The number of carbonyl (C=O) groups is 2. The molecule has 0 aromatic heterocycles. The molecule has 2 aromatic carbocycles. The lowest BCUT2D eigenvalue weighted by atomic mass is 10.1. The highest BCUT2D eigenvalue weighted by Gasteiger charge is 2.30. The molecule has 1 unspecified atom stereocenters. The molecule has 1 N–H and O–H groups in total. The molecule has 0 saturated heterocycles. The van der Waals surface area contributed by atoms with Crippen LogP contribution >= 0.6 is 0 Å². The molecule has 0 bridgehead atoms. The van der Waals surface area contributed by atoms with Gasteiger partial charge in [-0.05, 0) is 36.6 Å². The van der Waals surface area contributed by atoms with Crippen molar-refractivity contribution >= 4 is 27.5 Å². The van der Waals surface area contributed by atoms with Gasteiger partial charge in [0.2, 0.25) is 21.8 Å². The van der Waals surface area contributed by atoms with Gasteiger partial charge in [-0.2, -0.15) is 0 Å². The van der Waals surface area contributed by atoms with Crippen molar-refractivity contribution in [3.05, 3.63) is 66.0 Å². The second-order valence-electron chi connectivity index (χ2n) is 8.07. The van der Waals surface area contributed by atoms with Crippen molar-refractivity contribution in [2.45, 2.75) is 33.4 Å². The second-order valence-corrected chi connectivity index (χ2v) is 9.98. The molecule has 9 heteroatoms. The zero-order chi connectivity index (χ0) is 23.9. The molecule has 174 valence electrons. The van der Waals surface area contributed by atoms with Crippen molar-refractivity contribution in [2.75, 3.05) is 23.7 Å². The fraction of sp³-hybridized carbons (Fsp3) is 0.391. The number of nitrogens with one attached hydrogen (secondary N) is 1. The highest BCUT2D eigenvalue weighted by Crippen LogP contribution is 2.20. The van der Waals surface area contributed by atoms with E-state index in [2.05, 4.69) is 5.32 Å². The highest BCUT2D eigenvalue weighted by atomic mass is 32.2. The Hall–Kier alpha value is -2.94. The lowest BCUT2D eigenvalue weighted by Crippen LogP contribution is -2.51. The minimum atomic E-state index is -3.88. The highest BCUT2D eigenvalue weighted by molar-refractivity contribution is 7.92. The number of rotatable bonds is 10. The van der Waals surface area contributed by atoms with Gasteiger partial charge in [0.05, 0.1) is 11.9 Å². The Bertz CT molecular complexity index is 1030. The van der Waals surface area contributed by atoms with Crippen LogP contribution in [0.25, 0.3) is 0 Å². The smallest absolute Gasteiger partial charge is 0.244 e. The van der Waals surface area contributed by atoms with Crippen LogP contribution in [0.5, 0.6) is 0 Å². The molecular formula is C23H30FN3O4S. The predicted octanol–water partition coefficient (Wildman–Crippen LogP) is 2.78. The van der Waals surface area contributed by atoms with Crippen LogP contribution in [0.15, 0.2) is 54.6 Å². The van der Waals surface area contributed by atoms with E-state index in [4.69, 9.17) is 0 Å². The first-order valence-corrected chi connectivity index (χ1v) is 12.2. The molecule has 0 fully saturated rings. The maximum absolute atomic E-state index is 13.7. The Morgan fingerprint density at radius 3 is 2.25 bits per heavy atom. The molecule has 0 saturated carbocycles. The van der Waals surface area contributed by atoms with Gasteiger partial charge in [-0.25, -0.2) is 12.8 Å². The zero-order valence-corrected chi connectivity index (χ0v) is 19.6. The Kier molecular flexibility index (Phi) is 8.77. The molecule has 1 atom stereocenters. The van der Waals surface area contributed by atoms with Gasteiger partial charge < -0.3 is 10.2 Å². The van der Waals surface area contributed by atoms with Gasteiger partial charge in [0.15, 0.2) is 0 Å². The fourth-order valence-electron chi connectivity index (χ4n) is 3.06. The van der Waals surface area contributed by atoms with Crippen LogP contribution in [0.2, 0.25) is 0 Å². The summed E-state index contributed by atoms with van der Waals surface area (Å²) in [4.78, 5) is 27.3.